The number of nitrogens with zero attached hydrogens (tertiary/aromatic N) is 5. The number of nitrogens with one attached hydrogen (secondary N) is 1. The zero-order chi connectivity index (χ0) is 17.9. The van der Waals surface area contributed by atoms with Crippen molar-refractivity contribution in [3.8, 4) is 10.6 Å². The van der Waals surface area contributed by atoms with Crippen LogP contribution in [0.25, 0.3) is 10.6 Å². The van der Waals surface area contributed by atoms with Crippen molar-refractivity contribution < 1.29 is 4.79 Å². The molecule has 3 aromatic rings. The van der Waals surface area contributed by atoms with E-state index in [9.17, 15) is 4.79 Å². The highest BCUT2D eigenvalue weighted by Gasteiger charge is 2.21. The number of H-pyrrole nitrogens is 1. The number of likely N-dealkylation sites (tertiary alicyclic amines) is 1. The molecule has 134 valence electrons. The Kier molecular flexibility index (Phi) is 4.66. The van der Waals surface area contributed by atoms with Crippen LogP contribution in [0.4, 0.5) is 5.82 Å². The molecule has 0 unspecified atom stereocenters. The third kappa shape index (κ3) is 3.45. The van der Waals surface area contributed by atoms with Gasteiger partial charge in [-0.2, -0.15) is 5.10 Å². The lowest BCUT2D eigenvalue weighted by molar-refractivity contribution is 0.0786. The lowest BCUT2D eigenvalue weighted by atomic mass is 10.3. The summed E-state index contributed by atoms with van der Waals surface area (Å²) in [5.74, 6) is 0.633. The number of hydrogen-bond donors (Lipinski definition) is 1. The molecule has 4 rings (SSSR count). The topological polar surface area (TPSA) is 78.0 Å². The minimum absolute atomic E-state index is 0.0354. The van der Waals surface area contributed by atoms with Gasteiger partial charge < -0.3 is 9.80 Å². The highest BCUT2D eigenvalue weighted by Crippen LogP contribution is 2.23. The predicted molar refractivity (Wildman–Crippen MR) is 101 cm³/mol. The number of rotatable bonds is 5. The zero-order valence-electron chi connectivity index (χ0n) is 14.6. The molecule has 0 bridgehead atoms. The van der Waals surface area contributed by atoms with E-state index in [-0.39, 0.29) is 5.91 Å². The van der Waals surface area contributed by atoms with Crippen LogP contribution in [0.15, 0.2) is 36.0 Å². The van der Waals surface area contributed by atoms with Gasteiger partial charge in [0.15, 0.2) is 0 Å². The second-order valence-electron chi connectivity index (χ2n) is 6.37. The molecule has 1 aliphatic heterocycles. The lowest BCUT2D eigenvalue weighted by Crippen LogP contribution is -2.29. The van der Waals surface area contributed by atoms with E-state index in [0.29, 0.717) is 18.1 Å². The molecule has 1 amide bonds. The first kappa shape index (κ1) is 16.7. The first-order valence-corrected chi connectivity index (χ1v) is 9.49. The van der Waals surface area contributed by atoms with E-state index in [1.807, 2.05) is 40.4 Å². The van der Waals surface area contributed by atoms with Gasteiger partial charge in [0.05, 0.1) is 29.5 Å². The molecule has 0 atom stereocenters. The number of anilines is 1. The number of carbonyl (C=O) groups excluding carboxylic acids is 1. The first-order valence-electron chi connectivity index (χ1n) is 8.61. The quantitative estimate of drug-likeness (QED) is 0.749. The summed E-state index contributed by atoms with van der Waals surface area (Å²) >= 11 is 1.66. The zero-order valence-corrected chi connectivity index (χ0v) is 15.4. The van der Waals surface area contributed by atoms with Crippen molar-refractivity contribution in [2.24, 2.45) is 0 Å². The van der Waals surface area contributed by atoms with Crippen LogP contribution in [-0.4, -0.2) is 51.1 Å². The van der Waals surface area contributed by atoms with Crippen molar-refractivity contribution in [1.82, 2.24) is 25.1 Å². The summed E-state index contributed by atoms with van der Waals surface area (Å²) in [4.78, 5) is 26.2. The van der Waals surface area contributed by atoms with Crippen molar-refractivity contribution >= 4 is 23.1 Å². The van der Waals surface area contributed by atoms with Gasteiger partial charge in [0, 0.05) is 20.1 Å². The average molecular weight is 368 g/mol. The van der Waals surface area contributed by atoms with Gasteiger partial charge in [0.25, 0.3) is 5.91 Å². The Labute approximate surface area is 155 Å². The van der Waals surface area contributed by atoms with Crippen LogP contribution in [0, 0.1) is 0 Å². The molecular formula is C18H20N6OS. The number of amides is 1. The second-order valence-corrected chi connectivity index (χ2v) is 7.32. The fraction of sp³-hybridized carbons (Fsp3) is 0.333. The summed E-state index contributed by atoms with van der Waals surface area (Å²) in [6.45, 7) is 2.22. The standard InChI is InChI=1S/C18H20N6OS/c1-23(12-13-9-14(22-21-13)16-5-4-8-26-16)17-11-19-10-15(20-17)18(25)24-6-2-3-7-24/h4-5,8-11H,2-3,6-7,12H2,1H3,(H,21,22). The van der Waals surface area contributed by atoms with Crippen molar-refractivity contribution in [3.63, 3.8) is 0 Å². The van der Waals surface area contributed by atoms with E-state index in [0.717, 1.165) is 42.2 Å². The summed E-state index contributed by atoms with van der Waals surface area (Å²) in [7, 11) is 1.93. The van der Waals surface area contributed by atoms with Crippen LogP contribution < -0.4 is 4.90 Å². The van der Waals surface area contributed by atoms with Gasteiger partial charge in [-0.15, -0.1) is 11.3 Å². The Bertz CT molecular complexity index is 885. The normalized spacial score (nSPS) is 14.0. The Morgan fingerprint density at radius 3 is 2.96 bits per heavy atom. The van der Waals surface area contributed by atoms with Crippen molar-refractivity contribution in [2.75, 3.05) is 25.0 Å². The van der Waals surface area contributed by atoms with Crippen LogP contribution >= 0.6 is 11.3 Å². The molecule has 0 radical (unpaired) electrons. The highest BCUT2D eigenvalue weighted by molar-refractivity contribution is 7.13. The Morgan fingerprint density at radius 2 is 2.19 bits per heavy atom. The number of aromatic nitrogens is 4. The van der Waals surface area contributed by atoms with E-state index in [2.05, 4.69) is 20.2 Å². The maximum atomic E-state index is 12.5. The molecule has 3 aromatic heterocycles. The summed E-state index contributed by atoms with van der Waals surface area (Å²) in [5, 5.41) is 9.47. The molecule has 1 aliphatic rings. The van der Waals surface area contributed by atoms with Gasteiger partial charge in [-0.25, -0.2) is 4.98 Å². The third-order valence-electron chi connectivity index (χ3n) is 4.44. The van der Waals surface area contributed by atoms with Crippen LogP contribution in [0.3, 0.4) is 0 Å². The predicted octanol–water partition coefficient (Wildman–Crippen LogP) is 2.80. The summed E-state index contributed by atoms with van der Waals surface area (Å²) in [5.41, 5.74) is 2.32. The van der Waals surface area contributed by atoms with Crippen LogP contribution in [0.2, 0.25) is 0 Å². The molecular weight excluding hydrogens is 348 g/mol. The largest absolute Gasteiger partial charge is 0.353 e. The molecule has 1 fully saturated rings. The van der Waals surface area contributed by atoms with Gasteiger partial charge in [-0.05, 0) is 30.4 Å². The lowest BCUT2D eigenvalue weighted by Gasteiger charge is -2.19. The van der Waals surface area contributed by atoms with E-state index in [1.165, 1.54) is 0 Å². The number of hydrogen-bond acceptors (Lipinski definition) is 6. The molecule has 8 heteroatoms. The van der Waals surface area contributed by atoms with Crippen molar-refractivity contribution in [3.05, 3.63) is 47.4 Å². The molecule has 1 N–H and O–H groups in total. The Balaban J connectivity index is 1.47. The maximum Gasteiger partial charge on any atom is 0.274 e. The van der Waals surface area contributed by atoms with Crippen LogP contribution in [-0.2, 0) is 6.54 Å². The van der Waals surface area contributed by atoms with Crippen molar-refractivity contribution in [2.45, 2.75) is 19.4 Å². The van der Waals surface area contributed by atoms with Gasteiger partial charge in [0.1, 0.15) is 17.2 Å². The SMILES string of the molecule is CN(Cc1cc(-c2cccs2)n[nH]1)c1cncc(C(=O)N2CCCC2)n1. The van der Waals surface area contributed by atoms with E-state index >= 15 is 0 Å². The Morgan fingerprint density at radius 1 is 1.35 bits per heavy atom. The summed E-state index contributed by atoms with van der Waals surface area (Å²) in [6, 6.07) is 6.10. The molecule has 0 saturated carbocycles. The minimum atomic E-state index is -0.0354. The van der Waals surface area contributed by atoms with E-state index < -0.39 is 0 Å². The van der Waals surface area contributed by atoms with E-state index in [4.69, 9.17) is 0 Å². The number of thiophene rings is 1. The van der Waals surface area contributed by atoms with Gasteiger partial charge >= 0.3 is 0 Å². The van der Waals surface area contributed by atoms with E-state index in [1.54, 1.807) is 23.7 Å². The van der Waals surface area contributed by atoms with Gasteiger partial charge in [0.2, 0.25) is 0 Å². The molecule has 0 spiro atoms. The third-order valence-corrected chi connectivity index (χ3v) is 5.33. The number of carbonyl (C=O) groups is 1. The highest BCUT2D eigenvalue weighted by atomic mass is 32.1. The molecule has 26 heavy (non-hydrogen) atoms. The summed E-state index contributed by atoms with van der Waals surface area (Å²) < 4.78 is 0. The fourth-order valence-corrected chi connectivity index (χ4v) is 3.74. The van der Waals surface area contributed by atoms with Crippen molar-refractivity contribution in [1.29, 1.82) is 0 Å². The number of aromatic amines is 1. The maximum absolute atomic E-state index is 12.5. The van der Waals surface area contributed by atoms with Gasteiger partial charge in [-0.1, -0.05) is 6.07 Å². The monoisotopic (exact) mass is 368 g/mol. The summed E-state index contributed by atoms with van der Waals surface area (Å²) in [6.07, 6.45) is 5.34. The fourth-order valence-electron chi connectivity index (χ4n) is 3.05. The van der Waals surface area contributed by atoms with Crippen LogP contribution in [0.5, 0.6) is 0 Å². The van der Waals surface area contributed by atoms with Crippen LogP contribution in [0.1, 0.15) is 29.0 Å². The molecule has 7 nitrogen and oxygen atoms in total. The van der Waals surface area contributed by atoms with Gasteiger partial charge in [-0.3, -0.25) is 14.9 Å². The Hall–Kier alpha value is -2.74. The minimum Gasteiger partial charge on any atom is -0.353 e. The second kappa shape index (κ2) is 7.25. The average Bonchev–Trinajstić information content (AvgIpc) is 3.42. The smallest absolute Gasteiger partial charge is 0.274 e. The molecule has 1 saturated heterocycles. The first-order chi connectivity index (χ1) is 12.7. The molecule has 0 aromatic carbocycles. The molecule has 4 heterocycles. The molecule has 0 aliphatic carbocycles.